The molecule has 2 rings (SSSR count). The first-order valence-corrected chi connectivity index (χ1v) is 10.5. The van der Waals surface area contributed by atoms with Crippen LogP contribution < -0.4 is 5.32 Å². The summed E-state index contributed by atoms with van der Waals surface area (Å²) >= 11 is 0. The second-order valence-electron chi connectivity index (χ2n) is 8.56. The zero-order valence-corrected chi connectivity index (χ0v) is 18.6. The van der Waals surface area contributed by atoms with E-state index >= 15 is 0 Å². The molecule has 1 aromatic carbocycles. The van der Waals surface area contributed by atoms with E-state index in [4.69, 9.17) is 0 Å². The van der Waals surface area contributed by atoms with Crippen molar-refractivity contribution in [2.45, 2.75) is 53.9 Å². The van der Waals surface area contributed by atoms with Crippen LogP contribution in [0.1, 0.15) is 64.2 Å². The van der Waals surface area contributed by atoms with Gasteiger partial charge in [0.05, 0.1) is 0 Å². The summed E-state index contributed by atoms with van der Waals surface area (Å²) in [5.41, 5.74) is 6.33. The molecule has 0 fully saturated rings. The van der Waals surface area contributed by atoms with Crippen LogP contribution in [0.2, 0.25) is 0 Å². The third-order valence-corrected chi connectivity index (χ3v) is 5.50. The number of hydrogen-bond donors (Lipinski definition) is 1. The van der Waals surface area contributed by atoms with Crippen LogP contribution in [0.25, 0.3) is 0 Å². The van der Waals surface area contributed by atoms with E-state index in [0.29, 0.717) is 12.1 Å². The molecule has 1 aliphatic rings. The highest BCUT2D eigenvalue weighted by Crippen LogP contribution is 2.40. The summed E-state index contributed by atoms with van der Waals surface area (Å²) in [4.78, 5) is 12.0. The molecule has 0 saturated carbocycles. The van der Waals surface area contributed by atoms with Gasteiger partial charge in [-0.25, -0.2) is 0 Å². The van der Waals surface area contributed by atoms with Crippen LogP contribution in [0, 0.1) is 5.41 Å². The minimum atomic E-state index is -0.0465. The van der Waals surface area contributed by atoms with Gasteiger partial charge in [0.15, 0.2) is 0 Å². The monoisotopic (exact) mass is 389 g/mol. The highest BCUT2D eigenvalue weighted by molar-refractivity contribution is 5.94. The fourth-order valence-corrected chi connectivity index (χ4v) is 3.70. The summed E-state index contributed by atoms with van der Waals surface area (Å²) < 4.78 is 0. The van der Waals surface area contributed by atoms with Crippen LogP contribution in [-0.4, -0.2) is 12.5 Å². The maximum absolute atomic E-state index is 12.0. The second kappa shape index (κ2) is 10.8. The van der Waals surface area contributed by atoms with Crippen molar-refractivity contribution in [3.8, 4) is 0 Å². The minimum Gasteiger partial charge on any atom is -0.349 e. The maximum Gasteiger partial charge on any atom is 0.251 e. The topological polar surface area (TPSA) is 29.1 Å². The lowest BCUT2D eigenvalue weighted by molar-refractivity contribution is 0.0958. The van der Waals surface area contributed by atoms with Gasteiger partial charge in [-0.3, -0.25) is 4.79 Å². The predicted octanol–water partition coefficient (Wildman–Crippen LogP) is 6.95. The van der Waals surface area contributed by atoms with Gasteiger partial charge < -0.3 is 5.32 Å². The molecule has 0 unspecified atom stereocenters. The number of rotatable bonds is 7. The number of allylic oxidation sites excluding steroid dienone is 9. The first-order chi connectivity index (χ1) is 13.8. The molecule has 2 heteroatoms. The molecule has 0 spiro atoms. The van der Waals surface area contributed by atoms with E-state index in [1.165, 1.54) is 36.0 Å². The standard InChI is InChI=1S/C27H35NO/c1-21(16-17-25-23(3)13-10-19-27(25,4)5)11-9-12-22(2)18-20-28-26(29)24-14-7-6-8-15-24/h6-9,11-12,14-18H,10,13,19-20H2,1-5H3,(H,28,29)/b12-9-,17-16-,21-11-,22-18-. The fourth-order valence-electron chi connectivity index (χ4n) is 3.70. The lowest BCUT2D eigenvalue weighted by Crippen LogP contribution is -2.23. The predicted molar refractivity (Wildman–Crippen MR) is 125 cm³/mol. The molecule has 1 aromatic rings. The molecule has 1 amide bonds. The van der Waals surface area contributed by atoms with Crippen molar-refractivity contribution in [3.63, 3.8) is 0 Å². The first-order valence-electron chi connectivity index (χ1n) is 10.5. The molecule has 154 valence electrons. The number of benzene rings is 1. The molecule has 0 heterocycles. The molecule has 0 bridgehead atoms. The highest BCUT2D eigenvalue weighted by atomic mass is 16.1. The van der Waals surface area contributed by atoms with E-state index < -0.39 is 0 Å². The Balaban J connectivity index is 1.87. The average molecular weight is 390 g/mol. The summed E-state index contributed by atoms with van der Waals surface area (Å²) in [5.74, 6) is -0.0465. The summed E-state index contributed by atoms with van der Waals surface area (Å²) in [6, 6.07) is 9.28. The van der Waals surface area contributed by atoms with Crippen molar-refractivity contribution >= 4 is 5.91 Å². The van der Waals surface area contributed by atoms with Gasteiger partial charge in [0, 0.05) is 12.1 Å². The Hall–Kier alpha value is -2.61. The number of amides is 1. The smallest absolute Gasteiger partial charge is 0.251 e. The van der Waals surface area contributed by atoms with Crippen LogP contribution in [0.4, 0.5) is 0 Å². The molecule has 1 N–H and O–H groups in total. The Morgan fingerprint density at radius 2 is 1.83 bits per heavy atom. The van der Waals surface area contributed by atoms with E-state index in [9.17, 15) is 4.79 Å². The van der Waals surface area contributed by atoms with Crippen LogP contribution in [0.15, 0.2) is 89.1 Å². The quantitative estimate of drug-likeness (QED) is 0.502. The molecule has 29 heavy (non-hydrogen) atoms. The molecule has 0 radical (unpaired) electrons. The molecular formula is C27H35NO. The molecule has 0 aliphatic heterocycles. The van der Waals surface area contributed by atoms with E-state index in [1.807, 2.05) is 43.3 Å². The number of hydrogen-bond acceptors (Lipinski definition) is 1. The Kier molecular flexibility index (Phi) is 8.45. The van der Waals surface area contributed by atoms with Gasteiger partial charge in [-0.15, -0.1) is 0 Å². The van der Waals surface area contributed by atoms with E-state index in [1.54, 1.807) is 0 Å². The Labute approximate surface area is 176 Å². The Bertz CT molecular complexity index is 848. The largest absolute Gasteiger partial charge is 0.349 e. The molecule has 0 aromatic heterocycles. The van der Waals surface area contributed by atoms with Gasteiger partial charge in [0.25, 0.3) is 5.91 Å². The Morgan fingerprint density at radius 1 is 1.10 bits per heavy atom. The van der Waals surface area contributed by atoms with E-state index in [-0.39, 0.29) is 11.3 Å². The number of carbonyl (C=O) groups excluding carboxylic acids is 1. The van der Waals surface area contributed by atoms with Crippen molar-refractivity contribution < 1.29 is 4.79 Å². The third kappa shape index (κ3) is 7.38. The zero-order valence-electron chi connectivity index (χ0n) is 18.6. The number of carbonyl (C=O) groups is 1. The molecular weight excluding hydrogens is 354 g/mol. The van der Waals surface area contributed by atoms with Crippen LogP contribution in [0.3, 0.4) is 0 Å². The summed E-state index contributed by atoms with van der Waals surface area (Å²) in [6.07, 6.45) is 16.6. The number of nitrogens with one attached hydrogen (secondary N) is 1. The van der Waals surface area contributed by atoms with Gasteiger partial charge in [0.2, 0.25) is 0 Å². The first kappa shape index (κ1) is 22.7. The van der Waals surface area contributed by atoms with Crippen molar-refractivity contribution in [2.24, 2.45) is 5.41 Å². The van der Waals surface area contributed by atoms with Crippen molar-refractivity contribution in [3.05, 3.63) is 94.6 Å². The van der Waals surface area contributed by atoms with Crippen LogP contribution >= 0.6 is 0 Å². The van der Waals surface area contributed by atoms with Gasteiger partial charge >= 0.3 is 0 Å². The molecule has 0 atom stereocenters. The van der Waals surface area contributed by atoms with Crippen molar-refractivity contribution in [2.75, 3.05) is 6.54 Å². The third-order valence-electron chi connectivity index (χ3n) is 5.50. The SMILES string of the molecule is CC1=C(\C=C/C(C)=C\C=C/C(C)=C\CNC(=O)c2ccccc2)C(C)(C)CCC1. The summed E-state index contributed by atoms with van der Waals surface area (Å²) in [5, 5.41) is 2.92. The van der Waals surface area contributed by atoms with Crippen molar-refractivity contribution in [1.29, 1.82) is 0 Å². The minimum absolute atomic E-state index is 0.0465. The Morgan fingerprint density at radius 3 is 2.52 bits per heavy atom. The van der Waals surface area contributed by atoms with Gasteiger partial charge in [-0.05, 0) is 63.2 Å². The maximum atomic E-state index is 12.0. The molecule has 2 nitrogen and oxygen atoms in total. The normalized spacial score (nSPS) is 18.0. The van der Waals surface area contributed by atoms with E-state index in [0.717, 1.165) is 5.57 Å². The second-order valence-corrected chi connectivity index (χ2v) is 8.56. The van der Waals surface area contributed by atoms with Gasteiger partial charge in [-0.1, -0.05) is 85.2 Å². The van der Waals surface area contributed by atoms with Crippen LogP contribution in [-0.2, 0) is 0 Å². The fraction of sp³-hybridized carbons (Fsp3) is 0.370. The lowest BCUT2D eigenvalue weighted by Gasteiger charge is -2.32. The van der Waals surface area contributed by atoms with Gasteiger partial charge in [-0.2, -0.15) is 0 Å². The molecule has 0 saturated heterocycles. The average Bonchev–Trinajstić information content (AvgIpc) is 2.67. The zero-order chi connectivity index (χ0) is 21.3. The summed E-state index contributed by atoms with van der Waals surface area (Å²) in [7, 11) is 0. The molecule has 1 aliphatic carbocycles. The van der Waals surface area contributed by atoms with Crippen molar-refractivity contribution in [1.82, 2.24) is 5.32 Å². The lowest BCUT2D eigenvalue weighted by atomic mass is 9.72. The van der Waals surface area contributed by atoms with Crippen LogP contribution in [0.5, 0.6) is 0 Å². The highest BCUT2D eigenvalue weighted by Gasteiger charge is 2.26. The van der Waals surface area contributed by atoms with E-state index in [2.05, 4.69) is 63.4 Å². The summed E-state index contributed by atoms with van der Waals surface area (Å²) in [6.45, 7) is 11.7. The van der Waals surface area contributed by atoms with Gasteiger partial charge in [0.1, 0.15) is 0 Å².